The topological polar surface area (TPSA) is 52.7 Å². The van der Waals surface area contributed by atoms with Gasteiger partial charge in [-0.1, -0.05) is 0 Å². The molecule has 1 saturated heterocycles. The molecule has 4 bridgehead atoms. The van der Waals surface area contributed by atoms with Crippen LogP contribution < -0.4 is 10.2 Å². The SMILES string of the molecule is CN(C)c1ccc(NC(=O)C2CCCN2C(=O)C23CC4CC(CC(C4)C2)C3)cc1. The van der Waals surface area contributed by atoms with Gasteiger partial charge in [0.25, 0.3) is 0 Å². The second kappa shape index (κ2) is 7.03. The van der Waals surface area contributed by atoms with Crippen LogP contribution in [-0.2, 0) is 9.59 Å². The molecule has 1 atom stereocenters. The third-order valence-electron chi connectivity index (χ3n) is 7.96. The van der Waals surface area contributed by atoms with Crippen molar-refractivity contribution in [3.05, 3.63) is 24.3 Å². The number of nitrogens with zero attached hydrogens (tertiary/aromatic N) is 2. The Balaban J connectivity index is 1.29. The minimum absolute atomic E-state index is 0.0295. The van der Waals surface area contributed by atoms with Crippen LogP contribution in [0.2, 0.25) is 0 Å². The monoisotopic (exact) mass is 395 g/mol. The number of likely N-dealkylation sites (tertiary alicyclic amines) is 1. The molecule has 0 radical (unpaired) electrons. The molecule has 1 unspecified atom stereocenters. The maximum atomic E-state index is 13.7. The molecule has 5 nitrogen and oxygen atoms in total. The van der Waals surface area contributed by atoms with Gasteiger partial charge in [0.15, 0.2) is 0 Å². The molecule has 5 fully saturated rings. The molecule has 1 N–H and O–H groups in total. The summed E-state index contributed by atoms with van der Waals surface area (Å²) in [6, 6.07) is 7.57. The summed E-state index contributed by atoms with van der Waals surface area (Å²) >= 11 is 0. The van der Waals surface area contributed by atoms with Crippen LogP contribution in [0.1, 0.15) is 51.4 Å². The summed E-state index contributed by atoms with van der Waals surface area (Å²) in [5.74, 6) is 2.50. The molecule has 1 aliphatic heterocycles. The number of hydrogen-bond donors (Lipinski definition) is 1. The average molecular weight is 396 g/mol. The highest BCUT2D eigenvalue weighted by atomic mass is 16.2. The third-order valence-corrected chi connectivity index (χ3v) is 7.96. The maximum Gasteiger partial charge on any atom is 0.247 e. The van der Waals surface area contributed by atoms with E-state index < -0.39 is 0 Å². The molecule has 1 aromatic carbocycles. The number of amides is 2. The maximum absolute atomic E-state index is 13.7. The fraction of sp³-hybridized carbons (Fsp3) is 0.667. The van der Waals surface area contributed by atoms with Gasteiger partial charge in [-0.25, -0.2) is 0 Å². The van der Waals surface area contributed by atoms with E-state index in [0.717, 1.165) is 67.8 Å². The number of carbonyl (C=O) groups excluding carboxylic acids is 2. The second-order valence-electron chi connectivity index (χ2n) is 10.3. The molecule has 1 heterocycles. The standard InChI is InChI=1S/C24H33N3O2/c1-26(2)20-7-5-19(6-8-20)25-22(28)21-4-3-9-27(21)23(29)24-13-16-10-17(14-24)12-18(11-16)15-24/h5-8,16-18,21H,3-4,9-15H2,1-2H3,(H,25,28). The summed E-state index contributed by atoms with van der Waals surface area (Å²) in [4.78, 5) is 30.8. The van der Waals surface area contributed by atoms with Crippen LogP contribution in [0.15, 0.2) is 24.3 Å². The normalized spacial score (nSPS) is 35.0. The van der Waals surface area contributed by atoms with Gasteiger partial charge in [0.2, 0.25) is 11.8 Å². The average Bonchev–Trinajstić information content (AvgIpc) is 3.16. The van der Waals surface area contributed by atoms with E-state index in [0.29, 0.717) is 0 Å². The summed E-state index contributed by atoms with van der Waals surface area (Å²) in [6.07, 6.45) is 8.89. The first-order chi connectivity index (χ1) is 13.9. The van der Waals surface area contributed by atoms with Crippen LogP contribution in [0.5, 0.6) is 0 Å². The lowest BCUT2D eigenvalue weighted by Gasteiger charge is -2.56. The summed E-state index contributed by atoms with van der Waals surface area (Å²) in [5.41, 5.74) is 1.74. The van der Waals surface area contributed by atoms with E-state index in [1.165, 1.54) is 19.3 Å². The van der Waals surface area contributed by atoms with Crippen molar-refractivity contribution in [3.8, 4) is 0 Å². The van der Waals surface area contributed by atoms with Crippen molar-refractivity contribution in [3.63, 3.8) is 0 Å². The summed E-state index contributed by atoms with van der Waals surface area (Å²) < 4.78 is 0. The van der Waals surface area contributed by atoms with Crippen molar-refractivity contribution in [2.45, 2.75) is 57.4 Å². The van der Waals surface area contributed by atoms with Crippen LogP contribution in [0.25, 0.3) is 0 Å². The van der Waals surface area contributed by atoms with E-state index >= 15 is 0 Å². The minimum atomic E-state index is -0.316. The zero-order valence-corrected chi connectivity index (χ0v) is 17.7. The number of rotatable bonds is 4. The fourth-order valence-electron chi connectivity index (χ4n) is 7.03. The van der Waals surface area contributed by atoms with Crippen LogP contribution in [0.4, 0.5) is 11.4 Å². The molecule has 4 aliphatic carbocycles. The van der Waals surface area contributed by atoms with Crippen LogP contribution in [0.3, 0.4) is 0 Å². The molecule has 0 aromatic heterocycles. The van der Waals surface area contributed by atoms with Crippen molar-refractivity contribution in [1.29, 1.82) is 0 Å². The van der Waals surface area contributed by atoms with Crippen molar-refractivity contribution in [1.82, 2.24) is 4.90 Å². The number of hydrogen-bond acceptors (Lipinski definition) is 3. The van der Waals surface area contributed by atoms with E-state index in [2.05, 4.69) is 5.32 Å². The van der Waals surface area contributed by atoms with E-state index in [9.17, 15) is 9.59 Å². The van der Waals surface area contributed by atoms with Gasteiger partial charge in [-0.2, -0.15) is 0 Å². The van der Waals surface area contributed by atoms with Gasteiger partial charge in [0, 0.05) is 32.0 Å². The Kier molecular flexibility index (Phi) is 4.60. The van der Waals surface area contributed by atoms with Crippen LogP contribution in [0, 0.1) is 23.2 Å². The van der Waals surface area contributed by atoms with Crippen molar-refractivity contribution in [2.75, 3.05) is 30.9 Å². The van der Waals surface area contributed by atoms with Crippen molar-refractivity contribution >= 4 is 23.2 Å². The minimum Gasteiger partial charge on any atom is -0.378 e. The Bertz CT molecular complexity index is 766. The fourth-order valence-corrected chi connectivity index (χ4v) is 7.03. The van der Waals surface area contributed by atoms with Crippen molar-refractivity contribution < 1.29 is 9.59 Å². The lowest BCUT2D eigenvalue weighted by molar-refractivity contribution is -0.160. The molecule has 4 saturated carbocycles. The lowest BCUT2D eigenvalue weighted by atomic mass is 9.49. The second-order valence-corrected chi connectivity index (χ2v) is 10.3. The molecule has 5 heteroatoms. The van der Waals surface area contributed by atoms with Gasteiger partial charge >= 0.3 is 0 Å². The zero-order chi connectivity index (χ0) is 20.2. The first kappa shape index (κ1) is 19.0. The quantitative estimate of drug-likeness (QED) is 0.841. The lowest BCUT2D eigenvalue weighted by Crippen LogP contribution is -2.56. The summed E-state index contributed by atoms with van der Waals surface area (Å²) in [7, 11) is 4.00. The molecule has 0 spiro atoms. The Morgan fingerprint density at radius 2 is 1.59 bits per heavy atom. The van der Waals surface area contributed by atoms with Gasteiger partial charge in [-0.05, 0) is 93.4 Å². The van der Waals surface area contributed by atoms with Crippen molar-refractivity contribution in [2.24, 2.45) is 23.2 Å². The number of carbonyl (C=O) groups is 2. The first-order valence-corrected chi connectivity index (χ1v) is 11.3. The third kappa shape index (κ3) is 3.32. The number of nitrogens with one attached hydrogen (secondary N) is 1. The smallest absolute Gasteiger partial charge is 0.247 e. The van der Waals surface area contributed by atoms with E-state index in [1.807, 2.05) is 48.2 Å². The highest BCUT2D eigenvalue weighted by Crippen LogP contribution is 2.60. The highest BCUT2D eigenvalue weighted by Gasteiger charge is 2.56. The van der Waals surface area contributed by atoms with Crippen LogP contribution in [-0.4, -0.2) is 43.4 Å². The molecule has 6 rings (SSSR count). The Morgan fingerprint density at radius 3 is 2.14 bits per heavy atom. The molecule has 29 heavy (non-hydrogen) atoms. The Hall–Kier alpha value is -2.04. The van der Waals surface area contributed by atoms with Gasteiger partial charge in [0.05, 0.1) is 5.41 Å². The number of anilines is 2. The molecular weight excluding hydrogens is 362 g/mol. The predicted octanol–water partition coefficient (Wildman–Crippen LogP) is 3.90. The Labute approximate surface area is 173 Å². The van der Waals surface area contributed by atoms with E-state index in [-0.39, 0.29) is 23.3 Å². The van der Waals surface area contributed by atoms with Gasteiger partial charge in [-0.3, -0.25) is 9.59 Å². The highest BCUT2D eigenvalue weighted by molar-refractivity contribution is 5.98. The van der Waals surface area contributed by atoms with Gasteiger partial charge in [0.1, 0.15) is 6.04 Å². The first-order valence-electron chi connectivity index (χ1n) is 11.3. The molecular formula is C24H33N3O2. The van der Waals surface area contributed by atoms with E-state index in [4.69, 9.17) is 0 Å². The zero-order valence-electron chi connectivity index (χ0n) is 17.7. The summed E-state index contributed by atoms with van der Waals surface area (Å²) in [6.45, 7) is 0.734. The molecule has 1 aromatic rings. The molecule has 156 valence electrons. The molecule has 2 amide bonds. The Morgan fingerprint density at radius 1 is 1.00 bits per heavy atom. The predicted molar refractivity (Wildman–Crippen MR) is 115 cm³/mol. The van der Waals surface area contributed by atoms with Gasteiger partial charge < -0.3 is 15.1 Å². The molecule has 5 aliphatic rings. The largest absolute Gasteiger partial charge is 0.378 e. The number of benzene rings is 1. The van der Waals surface area contributed by atoms with Gasteiger partial charge in [-0.15, -0.1) is 0 Å². The van der Waals surface area contributed by atoms with Crippen LogP contribution >= 0.6 is 0 Å². The van der Waals surface area contributed by atoms with E-state index in [1.54, 1.807) is 0 Å². The summed E-state index contributed by atoms with van der Waals surface area (Å²) in [5, 5.41) is 3.06.